The number of nitrogens with one attached hydrogen (secondary N) is 1. The minimum absolute atomic E-state index is 0.797. The van der Waals surface area contributed by atoms with Gasteiger partial charge in [0.1, 0.15) is 0 Å². The van der Waals surface area contributed by atoms with Gasteiger partial charge in [-0.2, -0.15) is 0 Å². The van der Waals surface area contributed by atoms with Crippen LogP contribution in [0.25, 0.3) is 0 Å². The molecule has 0 aliphatic heterocycles. The first kappa shape index (κ1) is 10.5. The topological polar surface area (TPSA) is 12.0 Å². The van der Waals surface area contributed by atoms with Gasteiger partial charge in [0.2, 0.25) is 0 Å². The Morgan fingerprint density at radius 2 is 2.00 bits per heavy atom. The molecule has 1 N–H and O–H groups in total. The summed E-state index contributed by atoms with van der Waals surface area (Å²) in [4.78, 5) is 0. The van der Waals surface area contributed by atoms with Gasteiger partial charge in [-0.25, -0.2) is 0 Å². The first-order valence-corrected chi connectivity index (χ1v) is 5.44. The number of rotatable bonds is 5. The summed E-state index contributed by atoms with van der Waals surface area (Å²) in [6, 6.07) is 0.797. The highest BCUT2D eigenvalue weighted by Crippen LogP contribution is 2.17. The quantitative estimate of drug-likeness (QED) is 0.505. The first-order chi connectivity index (χ1) is 6.43. The average Bonchev–Trinajstić information content (AvgIpc) is 2.19. The fraction of sp³-hybridized carbons (Fsp3) is 0.667. The summed E-state index contributed by atoms with van der Waals surface area (Å²) in [5.74, 6) is 0. The highest BCUT2D eigenvalue weighted by atomic mass is 14.9. The van der Waals surface area contributed by atoms with Gasteiger partial charge < -0.3 is 5.32 Å². The summed E-state index contributed by atoms with van der Waals surface area (Å²) in [6.07, 6.45) is 14.2. The van der Waals surface area contributed by atoms with Crippen LogP contribution in [0.4, 0.5) is 0 Å². The Bertz CT molecular complexity index is 155. The van der Waals surface area contributed by atoms with Crippen LogP contribution in [0.1, 0.15) is 38.5 Å². The summed E-state index contributed by atoms with van der Waals surface area (Å²) >= 11 is 0. The van der Waals surface area contributed by atoms with E-state index in [2.05, 4.69) is 18.0 Å². The molecule has 1 heteroatoms. The SMILES string of the molecule is C=CC=CCCNC1CCCCC1. The van der Waals surface area contributed by atoms with Gasteiger partial charge in [-0.1, -0.05) is 44.1 Å². The third-order valence-electron chi connectivity index (χ3n) is 2.62. The molecule has 0 heterocycles. The second kappa shape index (κ2) is 6.90. The standard InChI is InChI=1S/C12H21N/c1-2-3-4-8-11-13-12-9-6-5-7-10-12/h2-4,12-13H,1,5-11H2. The highest BCUT2D eigenvalue weighted by molar-refractivity contribution is 4.97. The Morgan fingerprint density at radius 1 is 1.23 bits per heavy atom. The van der Waals surface area contributed by atoms with Crippen molar-refractivity contribution in [1.29, 1.82) is 0 Å². The molecule has 0 bridgehead atoms. The Hall–Kier alpha value is -0.560. The van der Waals surface area contributed by atoms with E-state index in [1.165, 1.54) is 32.1 Å². The molecule has 0 aromatic carbocycles. The number of hydrogen-bond acceptors (Lipinski definition) is 1. The zero-order valence-electron chi connectivity index (χ0n) is 8.47. The van der Waals surface area contributed by atoms with Crippen LogP contribution < -0.4 is 5.32 Å². The van der Waals surface area contributed by atoms with Gasteiger partial charge >= 0.3 is 0 Å². The summed E-state index contributed by atoms with van der Waals surface area (Å²) in [7, 11) is 0. The maximum Gasteiger partial charge on any atom is 0.00671 e. The molecule has 0 aromatic rings. The molecule has 74 valence electrons. The third-order valence-corrected chi connectivity index (χ3v) is 2.62. The van der Waals surface area contributed by atoms with Crippen molar-refractivity contribution in [1.82, 2.24) is 5.32 Å². The lowest BCUT2D eigenvalue weighted by Gasteiger charge is -2.22. The molecular weight excluding hydrogens is 158 g/mol. The first-order valence-electron chi connectivity index (χ1n) is 5.44. The van der Waals surface area contributed by atoms with Gasteiger partial charge in [0, 0.05) is 6.04 Å². The monoisotopic (exact) mass is 179 g/mol. The van der Waals surface area contributed by atoms with E-state index in [1.54, 1.807) is 0 Å². The molecule has 1 aliphatic rings. The van der Waals surface area contributed by atoms with E-state index < -0.39 is 0 Å². The fourth-order valence-electron chi connectivity index (χ4n) is 1.87. The normalized spacial score (nSPS) is 19.4. The Morgan fingerprint density at radius 3 is 2.69 bits per heavy atom. The molecule has 1 nitrogen and oxygen atoms in total. The third kappa shape index (κ3) is 4.89. The fourth-order valence-corrected chi connectivity index (χ4v) is 1.87. The van der Waals surface area contributed by atoms with Crippen LogP contribution in [-0.2, 0) is 0 Å². The zero-order chi connectivity index (χ0) is 9.36. The van der Waals surface area contributed by atoms with Crippen LogP contribution in [0.15, 0.2) is 24.8 Å². The molecule has 1 aliphatic carbocycles. The zero-order valence-corrected chi connectivity index (χ0v) is 8.47. The molecule has 0 atom stereocenters. The van der Waals surface area contributed by atoms with E-state index in [4.69, 9.17) is 0 Å². The van der Waals surface area contributed by atoms with Gasteiger partial charge in [0.05, 0.1) is 0 Å². The smallest absolute Gasteiger partial charge is 0.00671 e. The average molecular weight is 179 g/mol. The molecule has 0 aromatic heterocycles. The molecule has 13 heavy (non-hydrogen) atoms. The van der Waals surface area contributed by atoms with E-state index in [0.29, 0.717) is 0 Å². The van der Waals surface area contributed by atoms with Gasteiger partial charge in [-0.3, -0.25) is 0 Å². The molecule has 0 amide bonds. The molecule has 1 fully saturated rings. The minimum Gasteiger partial charge on any atom is -0.314 e. The molecular formula is C12H21N. The molecule has 0 unspecified atom stereocenters. The highest BCUT2D eigenvalue weighted by Gasteiger charge is 2.11. The Kier molecular flexibility index (Phi) is 5.59. The molecule has 0 spiro atoms. The second-order valence-electron chi connectivity index (χ2n) is 3.74. The Balaban J connectivity index is 1.97. The van der Waals surface area contributed by atoms with Crippen molar-refractivity contribution in [2.75, 3.05) is 6.54 Å². The largest absolute Gasteiger partial charge is 0.314 e. The second-order valence-corrected chi connectivity index (χ2v) is 3.74. The van der Waals surface area contributed by atoms with Crippen LogP contribution in [-0.4, -0.2) is 12.6 Å². The van der Waals surface area contributed by atoms with Crippen molar-refractivity contribution in [2.45, 2.75) is 44.6 Å². The molecule has 1 saturated carbocycles. The van der Waals surface area contributed by atoms with E-state index in [1.807, 2.05) is 12.2 Å². The van der Waals surface area contributed by atoms with Gasteiger partial charge in [0.25, 0.3) is 0 Å². The number of allylic oxidation sites excluding steroid dienone is 2. The van der Waals surface area contributed by atoms with E-state index in [0.717, 1.165) is 19.0 Å². The van der Waals surface area contributed by atoms with Crippen molar-refractivity contribution in [2.24, 2.45) is 0 Å². The van der Waals surface area contributed by atoms with Gasteiger partial charge in [-0.15, -0.1) is 0 Å². The lowest BCUT2D eigenvalue weighted by molar-refractivity contribution is 0.376. The van der Waals surface area contributed by atoms with E-state index in [-0.39, 0.29) is 0 Å². The summed E-state index contributed by atoms with van der Waals surface area (Å²) in [5.41, 5.74) is 0. The van der Waals surface area contributed by atoms with Crippen molar-refractivity contribution in [3.63, 3.8) is 0 Å². The van der Waals surface area contributed by atoms with Crippen molar-refractivity contribution >= 4 is 0 Å². The molecule has 1 rings (SSSR count). The molecule has 0 saturated heterocycles. The van der Waals surface area contributed by atoms with Crippen LogP contribution in [0, 0.1) is 0 Å². The Labute approximate surface area is 81.9 Å². The van der Waals surface area contributed by atoms with Crippen LogP contribution >= 0.6 is 0 Å². The van der Waals surface area contributed by atoms with Crippen molar-refractivity contribution in [3.05, 3.63) is 24.8 Å². The summed E-state index contributed by atoms with van der Waals surface area (Å²) < 4.78 is 0. The maximum absolute atomic E-state index is 3.64. The van der Waals surface area contributed by atoms with E-state index >= 15 is 0 Å². The number of hydrogen-bond donors (Lipinski definition) is 1. The minimum atomic E-state index is 0.797. The van der Waals surface area contributed by atoms with Gasteiger partial charge in [-0.05, 0) is 25.8 Å². The lowest BCUT2D eigenvalue weighted by Crippen LogP contribution is -2.31. The predicted octanol–water partition coefficient (Wildman–Crippen LogP) is 3.04. The van der Waals surface area contributed by atoms with Crippen LogP contribution in [0.3, 0.4) is 0 Å². The van der Waals surface area contributed by atoms with E-state index in [9.17, 15) is 0 Å². The van der Waals surface area contributed by atoms with Crippen LogP contribution in [0.2, 0.25) is 0 Å². The predicted molar refractivity (Wildman–Crippen MR) is 58.8 cm³/mol. The van der Waals surface area contributed by atoms with Crippen molar-refractivity contribution < 1.29 is 0 Å². The summed E-state index contributed by atoms with van der Waals surface area (Å²) in [6.45, 7) is 4.76. The molecule has 0 radical (unpaired) electrons. The van der Waals surface area contributed by atoms with Gasteiger partial charge in [0.15, 0.2) is 0 Å². The van der Waals surface area contributed by atoms with Crippen molar-refractivity contribution in [3.8, 4) is 0 Å². The van der Waals surface area contributed by atoms with Crippen LogP contribution in [0.5, 0.6) is 0 Å². The summed E-state index contributed by atoms with van der Waals surface area (Å²) in [5, 5.41) is 3.59. The lowest BCUT2D eigenvalue weighted by atomic mass is 9.95. The maximum atomic E-state index is 3.64.